The van der Waals surface area contributed by atoms with Crippen LogP contribution in [-0.2, 0) is 13.0 Å². The van der Waals surface area contributed by atoms with Crippen LogP contribution in [0.4, 0.5) is 5.95 Å². The Morgan fingerprint density at radius 1 is 1.07 bits per heavy atom. The molecule has 3 rings (SSSR count). The molecule has 0 atom stereocenters. The number of rotatable bonds is 8. The maximum atomic E-state index is 12.2. The van der Waals surface area contributed by atoms with Gasteiger partial charge in [0.05, 0.1) is 12.7 Å². The van der Waals surface area contributed by atoms with Crippen molar-refractivity contribution in [2.45, 2.75) is 13.0 Å². The summed E-state index contributed by atoms with van der Waals surface area (Å²) in [6, 6.07) is 15.2. The second kappa shape index (κ2) is 9.71. The van der Waals surface area contributed by atoms with E-state index in [9.17, 15) is 4.79 Å². The minimum absolute atomic E-state index is 0.221. The topological polar surface area (TPSA) is 76.1 Å². The molecule has 0 radical (unpaired) electrons. The van der Waals surface area contributed by atoms with E-state index in [1.807, 2.05) is 48.5 Å². The Hall–Kier alpha value is -3.12. The second-order valence-electron chi connectivity index (χ2n) is 6.13. The smallest absolute Gasteiger partial charge is 0.254 e. The Balaban J connectivity index is 1.46. The van der Waals surface area contributed by atoms with E-state index in [-0.39, 0.29) is 5.91 Å². The number of aromatic nitrogens is 2. The van der Waals surface area contributed by atoms with Gasteiger partial charge in [-0.3, -0.25) is 4.79 Å². The molecule has 0 saturated carbocycles. The van der Waals surface area contributed by atoms with Crippen LogP contribution in [0.2, 0.25) is 5.02 Å². The summed E-state index contributed by atoms with van der Waals surface area (Å²) in [6.45, 7) is 1.09. The van der Waals surface area contributed by atoms with Gasteiger partial charge in [0.15, 0.2) is 0 Å². The first kappa shape index (κ1) is 19.6. The van der Waals surface area contributed by atoms with E-state index in [0.717, 1.165) is 28.3 Å². The van der Waals surface area contributed by atoms with Crippen LogP contribution in [0, 0.1) is 0 Å². The van der Waals surface area contributed by atoms with Gasteiger partial charge in [-0.05, 0) is 41.8 Å². The van der Waals surface area contributed by atoms with Gasteiger partial charge in [-0.15, -0.1) is 0 Å². The molecule has 0 saturated heterocycles. The highest BCUT2D eigenvalue weighted by atomic mass is 35.5. The lowest BCUT2D eigenvalue weighted by atomic mass is 10.1. The lowest BCUT2D eigenvalue weighted by Gasteiger charge is -2.08. The molecule has 28 heavy (non-hydrogen) atoms. The van der Waals surface area contributed by atoms with E-state index in [1.54, 1.807) is 7.11 Å². The van der Waals surface area contributed by atoms with E-state index in [0.29, 0.717) is 24.6 Å². The van der Waals surface area contributed by atoms with Crippen LogP contribution in [0.5, 0.6) is 5.75 Å². The third-order valence-electron chi connectivity index (χ3n) is 4.11. The van der Waals surface area contributed by atoms with Crippen molar-refractivity contribution in [3.05, 3.63) is 82.6 Å². The van der Waals surface area contributed by atoms with Gasteiger partial charge in [0.2, 0.25) is 5.95 Å². The fourth-order valence-corrected chi connectivity index (χ4v) is 2.79. The van der Waals surface area contributed by atoms with Crippen molar-refractivity contribution in [2.24, 2.45) is 0 Å². The predicted molar refractivity (Wildman–Crippen MR) is 110 cm³/mol. The van der Waals surface area contributed by atoms with E-state index in [2.05, 4.69) is 20.6 Å². The summed E-state index contributed by atoms with van der Waals surface area (Å²) in [5, 5.41) is 6.71. The Bertz CT molecular complexity index is 914. The molecule has 7 heteroatoms. The molecule has 0 aliphatic heterocycles. The molecule has 0 bridgehead atoms. The summed E-state index contributed by atoms with van der Waals surface area (Å²) in [4.78, 5) is 20.6. The molecular weight excluding hydrogens is 376 g/mol. The minimum atomic E-state index is -0.221. The molecular formula is C21H21ClN4O2. The average molecular weight is 397 g/mol. The molecule has 0 fully saturated rings. The molecule has 0 aliphatic rings. The Morgan fingerprint density at radius 2 is 1.82 bits per heavy atom. The summed E-state index contributed by atoms with van der Waals surface area (Å²) in [5.74, 6) is 1.04. The standard InChI is InChI=1S/C21H21ClN4O2/c1-28-19-7-5-16(6-8-19)12-24-20(27)17-13-25-21(26-14-17)23-10-9-15-3-2-4-18(22)11-15/h2-8,11,13-14H,9-10,12H2,1H3,(H,24,27)(H,23,25,26). The number of methoxy groups -OCH3 is 1. The van der Waals surface area contributed by atoms with E-state index < -0.39 is 0 Å². The highest BCUT2D eigenvalue weighted by Gasteiger charge is 2.07. The summed E-state index contributed by atoms with van der Waals surface area (Å²) >= 11 is 5.98. The fourth-order valence-electron chi connectivity index (χ4n) is 2.58. The molecule has 2 N–H and O–H groups in total. The quantitative estimate of drug-likeness (QED) is 0.606. The van der Waals surface area contributed by atoms with Crippen molar-refractivity contribution in [2.75, 3.05) is 19.0 Å². The van der Waals surface area contributed by atoms with Crippen LogP contribution < -0.4 is 15.4 Å². The van der Waals surface area contributed by atoms with Crippen LogP contribution in [0.1, 0.15) is 21.5 Å². The first-order chi connectivity index (χ1) is 13.6. The number of hydrogen-bond donors (Lipinski definition) is 2. The molecule has 144 valence electrons. The predicted octanol–water partition coefficient (Wildman–Crippen LogP) is 3.72. The number of carbonyl (C=O) groups excluding carboxylic acids is 1. The Kier molecular flexibility index (Phi) is 6.81. The highest BCUT2D eigenvalue weighted by molar-refractivity contribution is 6.30. The number of hydrogen-bond acceptors (Lipinski definition) is 5. The first-order valence-electron chi connectivity index (χ1n) is 8.85. The minimum Gasteiger partial charge on any atom is -0.497 e. The van der Waals surface area contributed by atoms with Crippen LogP contribution in [-0.4, -0.2) is 29.5 Å². The molecule has 6 nitrogen and oxygen atoms in total. The van der Waals surface area contributed by atoms with Crippen molar-refractivity contribution >= 4 is 23.5 Å². The van der Waals surface area contributed by atoms with Crippen molar-refractivity contribution in [1.82, 2.24) is 15.3 Å². The lowest BCUT2D eigenvalue weighted by molar-refractivity contribution is 0.0950. The third kappa shape index (κ3) is 5.69. The first-order valence-corrected chi connectivity index (χ1v) is 9.23. The fraction of sp³-hybridized carbons (Fsp3) is 0.190. The van der Waals surface area contributed by atoms with Gasteiger partial charge in [-0.25, -0.2) is 9.97 Å². The number of benzene rings is 2. The maximum absolute atomic E-state index is 12.2. The number of ether oxygens (including phenoxy) is 1. The summed E-state index contributed by atoms with van der Waals surface area (Å²) < 4.78 is 5.12. The molecule has 1 amide bonds. The van der Waals surface area contributed by atoms with Crippen molar-refractivity contribution in [1.29, 1.82) is 0 Å². The summed E-state index contributed by atoms with van der Waals surface area (Å²) in [5.41, 5.74) is 2.53. The highest BCUT2D eigenvalue weighted by Crippen LogP contribution is 2.12. The van der Waals surface area contributed by atoms with Gasteiger partial charge >= 0.3 is 0 Å². The molecule has 2 aromatic carbocycles. The number of carbonyl (C=O) groups is 1. The summed E-state index contributed by atoms with van der Waals surface area (Å²) in [6.07, 6.45) is 3.82. The van der Waals surface area contributed by atoms with Gasteiger partial charge in [-0.2, -0.15) is 0 Å². The molecule has 1 aromatic heterocycles. The Morgan fingerprint density at radius 3 is 2.50 bits per heavy atom. The zero-order valence-electron chi connectivity index (χ0n) is 15.5. The van der Waals surface area contributed by atoms with E-state index in [4.69, 9.17) is 16.3 Å². The zero-order chi connectivity index (χ0) is 19.8. The number of nitrogens with one attached hydrogen (secondary N) is 2. The number of nitrogens with zero attached hydrogens (tertiary/aromatic N) is 2. The van der Waals surface area contributed by atoms with Gasteiger partial charge in [0.25, 0.3) is 5.91 Å². The van der Waals surface area contributed by atoms with Crippen LogP contribution in [0.3, 0.4) is 0 Å². The van der Waals surface area contributed by atoms with Crippen molar-refractivity contribution < 1.29 is 9.53 Å². The monoisotopic (exact) mass is 396 g/mol. The van der Waals surface area contributed by atoms with Gasteiger partial charge in [-0.1, -0.05) is 35.9 Å². The SMILES string of the molecule is COc1ccc(CNC(=O)c2cnc(NCCc3cccc(Cl)c3)nc2)cc1. The normalized spacial score (nSPS) is 10.4. The Labute approximate surface area is 168 Å². The lowest BCUT2D eigenvalue weighted by Crippen LogP contribution is -2.23. The van der Waals surface area contributed by atoms with Crippen molar-refractivity contribution in [3.8, 4) is 5.75 Å². The second-order valence-corrected chi connectivity index (χ2v) is 6.57. The molecule has 0 spiro atoms. The van der Waals surface area contributed by atoms with Gasteiger partial charge < -0.3 is 15.4 Å². The van der Waals surface area contributed by atoms with Crippen LogP contribution in [0.15, 0.2) is 60.9 Å². The molecule has 0 unspecified atom stereocenters. The van der Waals surface area contributed by atoms with Crippen LogP contribution >= 0.6 is 11.6 Å². The van der Waals surface area contributed by atoms with Gasteiger partial charge in [0.1, 0.15) is 5.75 Å². The number of anilines is 1. The average Bonchev–Trinajstić information content (AvgIpc) is 2.73. The van der Waals surface area contributed by atoms with Crippen molar-refractivity contribution in [3.63, 3.8) is 0 Å². The largest absolute Gasteiger partial charge is 0.497 e. The molecule has 0 aliphatic carbocycles. The van der Waals surface area contributed by atoms with Crippen LogP contribution in [0.25, 0.3) is 0 Å². The van der Waals surface area contributed by atoms with E-state index >= 15 is 0 Å². The van der Waals surface area contributed by atoms with Gasteiger partial charge in [0, 0.05) is 30.5 Å². The third-order valence-corrected chi connectivity index (χ3v) is 4.35. The number of amides is 1. The maximum Gasteiger partial charge on any atom is 0.254 e. The molecule has 3 aromatic rings. The number of halogens is 1. The van der Waals surface area contributed by atoms with E-state index in [1.165, 1.54) is 12.4 Å². The summed E-state index contributed by atoms with van der Waals surface area (Å²) in [7, 11) is 1.62. The zero-order valence-corrected chi connectivity index (χ0v) is 16.2. The molecule has 1 heterocycles.